The molecule has 0 unspecified atom stereocenters. The van der Waals surface area contributed by atoms with Crippen LogP contribution in [-0.2, 0) is 0 Å². The van der Waals surface area contributed by atoms with Gasteiger partial charge in [-0.05, 0) is 18.9 Å². The molecule has 1 aliphatic rings. The molecule has 0 aliphatic carbocycles. The molecule has 3 N–H and O–H groups in total. The number of nitrogens with two attached hydrogens (primary N) is 1. The van der Waals surface area contributed by atoms with E-state index in [-0.39, 0.29) is 11.9 Å². The summed E-state index contributed by atoms with van der Waals surface area (Å²) >= 11 is 0. The zero-order valence-corrected chi connectivity index (χ0v) is 10.1. The lowest BCUT2D eigenvalue weighted by Gasteiger charge is -2.30. The highest BCUT2D eigenvalue weighted by molar-refractivity contribution is 6.04. The molecule has 0 spiro atoms. The molecule has 0 radical (unpaired) electrons. The molecule has 1 aromatic carbocycles. The van der Waals surface area contributed by atoms with Gasteiger partial charge < -0.3 is 10.6 Å². The first kappa shape index (κ1) is 11.2. The number of benzene rings is 1. The largest absolute Gasteiger partial charge is 0.336 e. The van der Waals surface area contributed by atoms with Gasteiger partial charge in [0.25, 0.3) is 5.91 Å². The number of amides is 1. The lowest BCUT2D eigenvalue weighted by atomic mass is 10.1. The molecular weight excluding hydrogens is 228 g/mol. The summed E-state index contributed by atoms with van der Waals surface area (Å²) in [4.78, 5) is 14.2. The molecule has 94 valence electrons. The number of piperidine rings is 1. The molecule has 1 fully saturated rings. The molecule has 5 heteroatoms. The van der Waals surface area contributed by atoms with Crippen LogP contribution in [0.1, 0.15) is 23.3 Å². The monoisotopic (exact) mass is 244 g/mol. The Morgan fingerprint density at radius 1 is 1.44 bits per heavy atom. The van der Waals surface area contributed by atoms with E-state index in [1.54, 1.807) is 4.90 Å². The molecule has 1 amide bonds. The van der Waals surface area contributed by atoms with Gasteiger partial charge in [-0.25, -0.2) is 0 Å². The Hall–Kier alpha value is -1.88. The van der Waals surface area contributed by atoms with Crippen LogP contribution >= 0.6 is 0 Å². The van der Waals surface area contributed by atoms with Gasteiger partial charge in [-0.1, -0.05) is 18.2 Å². The van der Waals surface area contributed by atoms with Crippen LogP contribution in [-0.4, -0.2) is 40.1 Å². The van der Waals surface area contributed by atoms with E-state index in [9.17, 15) is 4.79 Å². The van der Waals surface area contributed by atoms with Crippen molar-refractivity contribution in [1.29, 1.82) is 0 Å². The summed E-state index contributed by atoms with van der Waals surface area (Å²) in [5.41, 5.74) is 7.30. The van der Waals surface area contributed by atoms with E-state index in [1.807, 2.05) is 24.3 Å². The Morgan fingerprint density at radius 2 is 2.28 bits per heavy atom. The second-order valence-electron chi connectivity index (χ2n) is 4.77. The van der Waals surface area contributed by atoms with Gasteiger partial charge in [-0.2, -0.15) is 5.10 Å². The first-order valence-corrected chi connectivity index (χ1v) is 6.23. The molecule has 0 bridgehead atoms. The van der Waals surface area contributed by atoms with Gasteiger partial charge in [0, 0.05) is 24.5 Å². The Balaban J connectivity index is 1.92. The summed E-state index contributed by atoms with van der Waals surface area (Å²) < 4.78 is 0. The lowest BCUT2D eigenvalue weighted by Crippen LogP contribution is -2.45. The highest BCUT2D eigenvalue weighted by Crippen LogP contribution is 2.18. The molecule has 2 heterocycles. The first-order chi connectivity index (χ1) is 8.75. The summed E-state index contributed by atoms with van der Waals surface area (Å²) in [5, 5.41) is 7.91. The van der Waals surface area contributed by atoms with Crippen molar-refractivity contribution < 1.29 is 4.79 Å². The number of aromatic amines is 1. The van der Waals surface area contributed by atoms with Crippen molar-refractivity contribution in [1.82, 2.24) is 15.1 Å². The fourth-order valence-electron chi connectivity index (χ4n) is 2.47. The topological polar surface area (TPSA) is 75.0 Å². The summed E-state index contributed by atoms with van der Waals surface area (Å²) in [6, 6.07) is 7.76. The number of carbonyl (C=O) groups excluding carboxylic acids is 1. The van der Waals surface area contributed by atoms with E-state index in [4.69, 9.17) is 5.73 Å². The van der Waals surface area contributed by atoms with Crippen molar-refractivity contribution in [2.75, 3.05) is 13.1 Å². The average molecular weight is 244 g/mol. The van der Waals surface area contributed by atoms with Crippen LogP contribution in [0.3, 0.4) is 0 Å². The smallest absolute Gasteiger partial charge is 0.275 e. The third kappa shape index (κ3) is 1.86. The molecule has 1 saturated heterocycles. The van der Waals surface area contributed by atoms with Gasteiger partial charge in [0.2, 0.25) is 0 Å². The molecule has 18 heavy (non-hydrogen) atoms. The van der Waals surface area contributed by atoms with Gasteiger partial charge in [0.1, 0.15) is 0 Å². The van der Waals surface area contributed by atoms with Crippen LogP contribution in [0.25, 0.3) is 10.9 Å². The number of rotatable bonds is 1. The number of H-pyrrole nitrogens is 1. The molecular formula is C13H16N4O. The number of nitrogens with one attached hydrogen (secondary N) is 1. The molecule has 1 aliphatic heterocycles. The number of carbonyl (C=O) groups is 1. The summed E-state index contributed by atoms with van der Waals surface area (Å²) in [5.74, 6) is -0.0254. The van der Waals surface area contributed by atoms with Gasteiger partial charge in [-0.3, -0.25) is 9.89 Å². The minimum Gasteiger partial charge on any atom is -0.336 e. The molecule has 5 nitrogen and oxygen atoms in total. The predicted molar refractivity (Wildman–Crippen MR) is 69.2 cm³/mol. The van der Waals surface area contributed by atoms with Crippen molar-refractivity contribution in [3.8, 4) is 0 Å². The average Bonchev–Trinajstić information content (AvgIpc) is 2.82. The van der Waals surface area contributed by atoms with E-state index in [2.05, 4.69) is 10.2 Å². The van der Waals surface area contributed by atoms with Crippen LogP contribution in [0, 0.1) is 0 Å². The maximum atomic E-state index is 12.4. The molecule has 1 aromatic heterocycles. The second kappa shape index (κ2) is 4.42. The Labute approximate surface area is 105 Å². The number of hydrogen-bond acceptors (Lipinski definition) is 3. The third-order valence-electron chi connectivity index (χ3n) is 3.42. The van der Waals surface area contributed by atoms with Gasteiger partial charge in [0.05, 0.1) is 5.52 Å². The van der Waals surface area contributed by atoms with Crippen LogP contribution in [0.15, 0.2) is 24.3 Å². The van der Waals surface area contributed by atoms with E-state index in [0.717, 1.165) is 30.3 Å². The van der Waals surface area contributed by atoms with Crippen molar-refractivity contribution in [3.63, 3.8) is 0 Å². The van der Waals surface area contributed by atoms with Crippen LogP contribution in [0.2, 0.25) is 0 Å². The summed E-state index contributed by atoms with van der Waals surface area (Å²) in [6.45, 7) is 1.40. The zero-order chi connectivity index (χ0) is 12.5. The van der Waals surface area contributed by atoms with Crippen molar-refractivity contribution in [2.24, 2.45) is 5.73 Å². The number of nitrogens with zero attached hydrogens (tertiary/aromatic N) is 2. The molecule has 1 atom stereocenters. The number of aromatic nitrogens is 2. The Kier molecular flexibility index (Phi) is 2.76. The molecule has 2 aromatic rings. The van der Waals surface area contributed by atoms with E-state index >= 15 is 0 Å². The summed E-state index contributed by atoms with van der Waals surface area (Å²) in [7, 11) is 0. The third-order valence-corrected chi connectivity index (χ3v) is 3.42. The van der Waals surface area contributed by atoms with Crippen molar-refractivity contribution in [2.45, 2.75) is 18.9 Å². The van der Waals surface area contributed by atoms with Crippen LogP contribution < -0.4 is 5.73 Å². The van der Waals surface area contributed by atoms with E-state index in [1.165, 1.54) is 0 Å². The SMILES string of the molecule is N[C@@H]1CCCN(C(=O)c2n[nH]c3ccccc23)C1. The fourth-order valence-corrected chi connectivity index (χ4v) is 2.47. The lowest BCUT2D eigenvalue weighted by molar-refractivity contribution is 0.0705. The quantitative estimate of drug-likeness (QED) is 0.789. The number of fused-ring (bicyclic) bond motifs is 1. The standard InChI is InChI=1S/C13H16N4O/c14-9-4-3-7-17(8-9)13(18)12-10-5-1-2-6-11(10)15-16-12/h1-2,5-6,9H,3-4,7-8,14H2,(H,15,16)/t9-/m1/s1. The van der Waals surface area contributed by atoms with Crippen molar-refractivity contribution >= 4 is 16.8 Å². The van der Waals surface area contributed by atoms with Crippen LogP contribution in [0.5, 0.6) is 0 Å². The van der Waals surface area contributed by atoms with Gasteiger partial charge in [0.15, 0.2) is 5.69 Å². The summed E-state index contributed by atoms with van der Waals surface area (Å²) in [6.07, 6.45) is 1.96. The number of likely N-dealkylation sites (tertiary alicyclic amines) is 1. The predicted octanol–water partition coefficient (Wildman–Crippen LogP) is 1.13. The van der Waals surface area contributed by atoms with E-state index in [0.29, 0.717) is 12.2 Å². The highest BCUT2D eigenvalue weighted by Gasteiger charge is 2.25. The minimum atomic E-state index is -0.0254. The molecule has 3 rings (SSSR count). The first-order valence-electron chi connectivity index (χ1n) is 6.23. The fraction of sp³-hybridized carbons (Fsp3) is 0.385. The maximum absolute atomic E-state index is 12.4. The minimum absolute atomic E-state index is 0.0254. The zero-order valence-electron chi connectivity index (χ0n) is 10.1. The van der Waals surface area contributed by atoms with Gasteiger partial charge in [-0.15, -0.1) is 0 Å². The number of para-hydroxylation sites is 1. The number of hydrogen-bond donors (Lipinski definition) is 2. The van der Waals surface area contributed by atoms with Crippen LogP contribution in [0.4, 0.5) is 0 Å². The van der Waals surface area contributed by atoms with Crippen molar-refractivity contribution in [3.05, 3.63) is 30.0 Å². The van der Waals surface area contributed by atoms with E-state index < -0.39 is 0 Å². The highest BCUT2D eigenvalue weighted by atomic mass is 16.2. The second-order valence-corrected chi connectivity index (χ2v) is 4.77. The van der Waals surface area contributed by atoms with Gasteiger partial charge >= 0.3 is 0 Å². The maximum Gasteiger partial charge on any atom is 0.275 e. The molecule has 0 saturated carbocycles. The normalized spacial score (nSPS) is 20.3. The Bertz CT molecular complexity index is 577. The Morgan fingerprint density at radius 3 is 3.11 bits per heavy atom.